The van der Waals surface area contributed by atoms with Crippen LogP contribution in [0.25, 0.3) is 10.9 Å². The van der Waals surface area contributed by atoms with Crippen molar-refractivity contribution in [3.63, 3.8) is 0 Å². The molecule has 2 aromatic carbocycles. The second kappa shape index (κ2) is 6.67. The van der Waals surface area contributed by atoms with Crippen molar-refractivity contribution in [2.45, 2.75) is 13.1 Å². The lowest BCUT2D eigenvalue weighted by atomic mass is 10.1. The Bertz CT molecular complexity index is 913. The number of fused-ring (bicyclic) bond motifs is 2. The van der Waals surface area contributed by atoms with E-state index in [2.05, 4.69) is 57.4 Å². The molecule has 5 heteroatoms. The van der Waals surface area contributed by atoms with Crippen molar-refractivity contribution in [3.05, 3.63) is 59.8 Å². The molecular formula is C21H23N3O2. The summed E-state index contributed by atoms with van der Waals surface area (Å²) in [6.45, 7) is 6.71. The van der Waals surface area contributed by atoms with E-state index in [9.17, 15) is 0 Å². The van der Waals surface area contributed by atoms with Crippen molar-refractivity contribution >= 4 is 10.9 Å². The number of nitrogens with zero attached hydrogens (tertiary/aromatic N) is 2. The first-order valence-electron chi connectivity index (χ1n) is 9.23. The Morgan fingerprint density at radius 1 is 0.846 bits per heavy atom. The molecule has 0 unspecified atom stereocenters. The summed E-state index contributed by atoms with van der Waals surface area (Å²) < 4.78 is 10.9. The molecule has 0 amide bonds. The highest BCUT2D eigenvalue weighted by atomic mass is 16.7. The summed E-state index contributed by atoms with van der Waals surface area (Å²) >= 11 is 0. The van der Waals surface area contributed by atoms with Crippen LogP contribution in [-0.2, 0) is 13.1 Å². The highest BCUT2D eigenvalue weighted by molar-refractivity contribution is 5.82. The van der Waals surface area contributed by atoms with E-state index in [1.807, 2.05) is 6.07 Å². The first-order chi connectivity index (χ1) is 12.8. The fourth-order valence-corrected chi connectivity index (χ4v) is 3.91. The second-order valence-electron chi connectivity index (χ2n) is 7.10. The van der Waals surface area contributed by atoms with E-state index < -0.39 is 0 Å². The van der Waals surface area contributed by atoms with Gasteiger partial charge in [0.15, 0.2) is 11.5 Å². The first-order valence-corrected chi connectivity index (χ1v) is 9.23. The molecule has 1 aromatic heterocycles. The molecule has 2 aliphatic rings. The van der Waals surface area contributed by atoms with Crippen molar-refractivity contribution in [2.24, 2.45) is 0 Å². The molecule has 0 atom stereocenters. The fourth-order valence-electron chi connectivity index (χ4n) is 3.91. The average Bonchev–Trinajstić information content (AvgIpc) is 3.30. The van der Waals surface area contributed by atoms with Gasteiger partial charge in [-0.2, -0.15) is 0 Å². The molecule has 3 aromatic rings. The third kappa shape index (κ3) is 3.04. The van der Waals surface area contributed by atoms with Crippen LogP contribution in [0.2, 0.25) is 0 Å². The van der Waals surface area contributed by atoms with Gasteiger partial charge in [0.2, 0.25) is 6.79 Å². The molecule has 1 N–H and O–H groups in total. The number of ether oxygens (including phenoxy) is 2. The molecule has 5 nitrogen and oxygen atoms in total. The Morgan fingerprint density at radius 3 is 2.50 bits per heavy atom. The van der Waals surface area contributed by atoms with Crippen LogP contribution in [0.3, 0.4) is 0 Å². The lowest BCUT2D eigenvalue weighted by Gasteiger charge is -2.34. The summed E-state index contributed by atoms with van der Waals surface area (Å²) in [6.07, 6.45) is 2.16. The van der Waals surface area contributed by atoms with Crippen molar-refractivity contribution in [1.82, 2.24) is 14.8 Å². The number of H-pyrrole nitrogens is 1. The summed E-state index contributed by atoms with van der Waals surface area (Å²) in [5.41, 5.74) is 3.91. The Kier molecular flexibility index (Phi) is 4.03. The van der Waals surface area contributed by atoms with Gasteiger partial charge in [0, 0.05) is 56.4 Å². The predicted octanol–water partition coefficient (Wildman–Crippen LogP) is 3.21. The van der Waals surface area contributed by atoms with Gasteiger partial charge in [-0.25, -0.2) is 0 Å². The minimum Gasteiger partial charge on any atom is -0.454 e. The minimum atomic E-state index is 0.339. The van der Waals surface area contributed by atoms with Gasteiger partial charge in [-0.05, 0) is 29.3 Å². The minimum absolute atomic E-state index is 0.339. The van der Waals surface area contributed by atoms with Crippen LogP contribution in [-0.4, -0.2) is 47.8 Å². The van der Waals surface area contributed by atoms with Gasteiger partial charge in [0.25, 0.3) is 0 Å². The lowest BCUT2D eigenvalue weighted by molar-refractivity contribution is 0.122. The SMILES string of the molecule is c1ccc2c(CN3CCN(Cc4ccc5c(c4)OCO5)CC3)c[nH]c2c1. The van der Waals surface area contributed by atoms with Crippen molar-refractivity contribution in [1.29, 1.82) is 0 Å². The molecule has 134 valence electrons. The summed E-state index contributed by atoms with van der Waals surface area (Å²) in [4.78, 5) is 8.44. The zero-order valence-corrected chi connectivity index (χ0v) is 14.8. The maximum Gasteiger partial charge on any atom is 0.231 e. The van der Waals surface area contributed by atoms with Gasteiger partial charge < -0.3 is 14.5 Å². The third-order valence-corrected chi connectivity index (χ3v) is 5.38. The molecule has 3 heterocycles. The number of piperazine rings is 1. The van der Waals surface area contributed by atoms with E-state index in [1.54, 1.807) is 0 Å². The van der Waals surface area contributed by atoms with Crippen LogP contribution in [0.1, 0.15) is 11.1 Å². The number of rotatable bonds is 4. The van der Waals surface area contributed by atoms with E-state index in [4.69, 9.17) is 9.47 Å². The summed E-state index contributed by atoms with van der Waals surface area (Å²) in [6, 6.07) is 14.8. The van der Waals surface area contributed by atoms with Crippen LogP contribution in [0.4, 0.5) is 0 Å². The molecule has 0 aliphatic carbocycles. The Labute approximate surface area is 153 Å². The van der Waals surface area contributed by atoms with Crippen LogP contribution in [0.15, 0.2) is 48.7 Å². The number of para-hydroxylation sites is 1. The van der Waals surface area contributed by atoms with Crippen molar-refractivity contribution in [3.8, 4) is 11.5 Å². The molecule has 0 radical (unpaired) electrons. The average molecular weight is 349 g/mol. The largest absolute Gasteiger partial charge is 0.454 e. The van der Waals surface area contributed by atoms with Gasteiger partial charge in [-0.15, -0.1) is 0 Å². The Hall–Kier alpha value is -2.50. The molecule has 0 saturated carbocycles. The van der Waals surface area contributed by atoms with E-state index in [0.717, 1.165) is 50.8 Å². The number of aromatic amines is 1. The number of hydrogen-bond acceptors (Lipinski definition) is 4. The summed E-state index contributed by atoms with van der Waals surface area (Å²) in [5.74, 6) is 1.73. The zero-order chi connectivity index (χ0) is 17.3. The van der Waals surface area contributed by atoms with E-state index in [1.165, 1.54) is 22.0 Å². The van der Waals surface area contributed by atoms with Gasteiger partial charge in [-0.3, -0.25) is 9.80 Å². The molecular weight excluding hydrogens is 326 g/mol. The molecule has 1 saturated heterocycles. The predicted molar refractivity (Wildman–Crippen MR) is 101 cm³/mol. The maximum atomic E-state index is 5.49. The van der Waals surface area contributed by atoms with E-state index in [-0.39, 0.29) is 0 Å². The molecule has 0 spiro atoms. The van der Waals surface area contributed by atoms with Crippen molar-refractivity contribution < 1.29 is 9.47 Å². The Morgan fingerprint density at radius 2 is 1.62 bits per heavy atom. The van der Waals surface area contributed by atoms with Gasteiger partial charge in [0.05, 0.1) is 0 Å². The molecule has 26 heavy (non-hydrogen) atoms. The van der Waals surface area contributed by atoms with E-state index in [0.29, 0.717) is 6.79 Å². The number of hydrogen-bond donors (Lipinski definition) is 1. The smallest absolute Gasteiger partial charge is 0.231 e. The third-order valence-electron chi connectivity index (χ3n) is 5.38. The quantitative estimate of drug-likeness (QED) is 0.785. The van der Waals surface area contributed by atoms with Gasteiger partial charge in [0.1, 0.15) is 0 Å². The second-order valence-corrected chi connectivity index (χ2v) is 7.10. The summed E-state index contributed by atoms with van der Waals surface area (Å²) in [5, 5.41) is 1.34. The monoisotopic (exact) mass is 349 g/mol. The molecule has 0 bridgehead atoms. The Balaban J connectivity index is 1.18. The number of nitrogens with one attached hydrogen (secondary N) is 1. The highest BCUT2D eigenvalue weighted by Gasteiger charge is 2.19. The summed E-state index contributed by atoms with van der Waals surface area (Å²) in [7, 11) is 0. The van der Waals surface area contributed by atoms with E-state index >= 15 is 0 Å². The first kappa shape index (κ1) is 15.7. The fraction of sp³-hybridized carbons (Fsp3) is 0.333. The number of benzene rings is 2. The normalized spacial score (nSPS) is 17.8. The van der Waals surface area contributed by atoms with Crippen molar-refractivity contribution in [2.75, 3.05) is 33.0 Å². The lowest BCUT2D eigenvalue weighted by Crippen LogP contribution is -2.45. The molecule has 5 rings (SSSR count). The highest BCUT2D eigenvalue weighted by Crippen LogP contribution is 2.32. The van der Waals surface area contributed by atoms with Crippen LogP contribution in [0, 0.1) is 0 Å². The topological polar surface area (TPSA) is 40.7 Å². The molecule has 2 aliphatic heterocycles. The van der Waals surface area contributed by atoms with Gasteiger partial charge in [-0.1, -0.05) is 24.3 Å². The van der Waals surface area contributed by atoms with Crippen LogP contribution < -0.4 is 9.47 Å². The standard InChI is InChI=1S/C21H23N3O2/c1-2-4-19-18(3-1)17(12-22-19)14-24-9-7-23(8-10-24)13-16-5-6-20-21(11-16)26-15-25-20/h1-6,11-12,22H,7-10,13-15H2. The van der Waals surface area contributed by atoms with Crippen LogP contribution in [0.5, 0.6) is 11.5 Å². The number of aromatic nitrogens is 1. The maximum absolute atomic E-state index is 5.49. The zero-order valence-electron chi connectivity index (χ0n) is 14.8. The van der Waals surface area contributed by atoms with Gasteiger partial charge >= 0.3 is 0 Å². The van der Waals surface area contributed by atoms with Crippen LogP contribution >= 0.6 is 0 Å². The molecule has 1 fully saturated rings.